The maximum atomic E-state index is 12.3. The lowest BCUT2D eigenvalue weighted by molar-refractivity contribution is -0.153. The topological polar surface area (TPSA) is 57.6 Å². The summed E-state index contributed by atoms with van der Waals surface area (Å²) in [5.41, 5.74) is 1.96. The molecule has 1 aliphatic rings. The third kappa shape index (κ3) is 3.12. The molecule has 0 spiro atoms. The molecule has 4 nitrogen and oxygen atoms in total. The van der Waals surface area contributed by atoms with E-state index < -0.39 is 17.9 Å². The van der Waals surface area contributed by atoms with Gasteiger partial charge in [0.1, 0.15) is 0 Å². The number of carbonyl (C=O) groups is 2. The van der Waals surface area contributed by atoms with E-state index >= 15 is 0 Å². The maximum absolute atomic E-state index is 12.3. The van der Waals surface area contributed by atoms with Gasteiger partial charge in [0, 0.05) is 16.9 Å². The quantitative estimate of drug-likeness (QED) is 0.904. The summed E-state index contributed by atoms with van der Waals surface area (Å²) in [5.74, 6) is -1.38. The third-order valence-electron chi connectivity index (χ3n) is 3.99. The highest BCUT2D eigenvalue weighted by Crippen LogP contribution is 2.41. The molecular weight excluding hydrogens is 334 g/mol. The lowest BCUT2D eigenvalue weighted by Crippen LogP contribution is -2.48. The van der Waals surface area contributed by atoms with Crippen LogP contribution in [0.2, 0.25) is 0 Å². The van der Waals surface area contributed by atoms with Crippen LogP contribution in [0, 0.1) is 12.8 Å². The summed E-state index contributed by atoms with van der Waals surface area (Å²) in [4.78, 5) is 25.6. The minimum absolute atomic E-state index is 0.0278. The molecule has 5 heteroatoms. The number of aryl methyl sites for hydroxylation is 1. The highest BCUT2D eigenvalue weighted by molar-refractivity contribution is 9.10. The van der Waals surface area contributed by atoms with E-state index in [2.05, 4.69) is 15.9 Å². The molecule has 2 unspecified atom stereocenters. The Balaban J connectivity index is 2.54. The fraction of sp³-hybridized carbons (Fsp3) is 0.500. The number of aliphatic carboxylic acids is 1. The zero-order valence-corrected chi connectivity index (χ0v) is 14.1. The second kappa shape index (κ2) is 6.18. The summed E-state index contributed by atoms with van der Waals surface area (Å²) in [6.07, 6.45) is 0.692. The van der Waals surface area contributed by atoms with Gasteiger partial charge < -0.3 is 10.0 Å². The van der Waals surface area contributed by atoms with Crippen molar-refractivity contribution in [1.29, 1.82) is 0 Å². The smallest absolute Gasteiger partial charge is 0.308 e. The van der Waals surface area contributed by atoms with E-state index in [1.165, 1.54) is 0 Å². The fourth-order valence-electron chi connectivity index (χ4n) is 3.02. The molecule has 1 N–H and O–H groups in total. The predicted octanol–water partition coefficient (Wildman–Crippen LogP) is 3.53. The molecule has 0 aliphatic carbocycles. The Kier molecular flexibility index (Phi) is 4.71. The van der Waals surface area contributed by atoms with Gasteiger partial charge in [0.05, 0.1) is 12.0 Å². The van der Waals surface area contributed by atoms with E-state index in [0.717, 1.165) is 15.6 Å². The molecule has 1 saturated heterocycles. The van der Waals surface area contributed by atoms with E-state index in [0.29, 0.717) is 12.8 Å². The number of rotatable bonds is 3. The van der Waals surface area contributed by atoms with Crippen LogP contribution in [-0.2, 0) is 9.59 Å². The fourth-order valence-corrected chi connectivity index (χ4v) is 3.75. The molecule has 1 fully saturated rings. The maximum Gasteiger partial charge on any atom is 0.308 e. The first-order valence-corrected chi connectivity index (χ1v) is 7.92. The Labute approximate surface area is 133 Å². The Morgan fingerprint density at radius 1 is 1.43 bits per heavy atom. The van der Waals surface area contributed by atoms with Crippen LogP contribution in [-0.4, -0.2) is 27.9 Å². The number of piperidine rings is 1. The number of likely N-dealkylation sites (tertiary alicyclic amines) is 1. The molecule has 21 heavy (non-hydrogen) atoms. The molecule has 0 radical (unpaired) electrons. The monoisotopic (exact) mass is 353 g/mol. The molecular formula is C16H20BrNO3. The van der Waals surface area contributed by atoms with Crippen molar-refractivity contribution in [1.82, 2.24) is 4.90 Å². The van der Waals surface area contributed by atoms with Crippen LogP contribution in [0.4, 0.5) is 0 Å². The van der Waals surface area contributed by atoms with E-state index in [9.17, 15) is 14.7 Å². The van der Waals surface area contributed by atoms with Gasteiger partial charge in [0.25, 0.3) is 0 Å². The molecule has 1 aromatic rings. The number of benzene rings is 1. The van der Waals surface area contributed by atoms with E-state index in [1.807, 2.05) is 39.0 Å². The SMILES string of the molecule is Cc1ccc(C2C(C(=O)O)CCC(=O)N2C(C)C)c(Br)c1. The largest absolute Gasteiger partial charge is 0.481 e. The molecule has 0 bridgehead atoms. The van der Waals surface area contributed by atoms with Gasteiger partial charge in [-0.2, -0.15) is 0 Å². The molecule has 2 rings (SSSR count). The van der Waals surface area contributed by atoms with Crippen LogP contribution in [0.1, 0.15) is 43.9 Å². The van der Waals surface area contributed by atoms with Crippen molar-refractivity contribution in [2.45, 2.75) is 45.7 Å². The van der Waals surface area contributed by atoms with Crippen LogP contribution in [0.15, 0.2) is 22.7 Å². The Hall–Kier alpha value is -1.36. The number of amides is 1. The lowest BCUT2D eigenvalue weighted by Gasteiger charge is -2.42. The first kappa shape index (κ1) is 16.0. The highest BCUT2D eigenvalue weighted by Gasteiger charge is 2.42. The van der Waals surface area contributed by atoms with Crippen LogP contribution >= 0.6 is 15.9 Å². The minimum atomic E-state index is -0.842. The zero-order chi connectivity index (χ0) is 15.7. The summed E-state index contributed by atoms with van der Waals surface area (Å²) in [5, 5.41) is 9.55. The van der Waals surface area contributed by atoms with E-state index in [4.69, 9.17) is 0 Å². The molecule has 1 heterocycles. The Morgan fingerprint density at radius 3 is 2.62 bits per heavy atom. The van der Waals surface area contributed by atoms with Crippen molar-refractivity contribution in [3.8, 4) is 0 Å². The summed E-state index contributed by atoms with van der Waals surface area (Å²) < 4.78 is 0.860. The number of halogens is 1. The molecule has 1 aliphatic heterocycles. The Morgan fingerprint density at radius 2 is 2.10 bits per heavy atom. The Bertz CT molecular complexity index is 571. The second-order valence-corrected chi connectivity index (χ2v) is 6.70. The van der Waals surface area contributed by atoms with Crippen molar-refractivity contribution >= 4 is 27.8 Å². The summed E-state index contributed by atoms with van der Waals surface area (Å²) in [6, 6.07) is 5.40. The average molecular weight is 354 g/mol. The molecule has 1 amide bonds. The lowest BCUT2D eigenvalue weighted by atomic mass is 9.83. The van der Waals surface area contributed by atoms with Crippen LogP contribution in [0.3, 0.4) is 0 Å². The van der Waals surface area contributed by atoms with Crippen molar-refractivity contribution < 1.29 is 14.7 Å². The molecule has 0 aromatic heterocycles. The van der Waals surface area contributed by atoms with Gasteiger partial charge >= 0.3 is 5.97 Å². The molecule has 1 aromatic carbocycles. The van der Waals surface area contributed by atoms with Crippen LogP contribution in [0.5, 0.6) is 0 Å². The van der Waals surface area contributed by atoms with Crippen molar-refractivity contribution in [3.05, 3.63) is 33.8 Å². The highest BCUT2D eigenvalue weighted by atomic mass is 79.9. The first-order valence-electron chi connectivity index (χ1n) is 7.13. The summed E-state index contributed by atoms with van der Waals surface area (Å²) in [6.45, 7) is 5.84. The van der Waals surface area contributed by atoms with Gasteiger partial charge in [-0.3, -0.25) is 9.59 Å². The molecule has 114 valence electrons. The average Bonchev–Trinajstić information content (AvgIpc) is 2.37. The molecule has 2 atom stereocenters. The van der Waals surface area contributed by atoms with Crippen molar-refractivity contribution in [2.75, 3.05) is 0 Å². The predicted molar refractivity (Wildman–Crippen MR) is 84.0 cm³/mol. The van der Waals surface area contributed by atoms with Gasteiger partial charge in [-0.1, -0.05) is 28.1 Å². The normalized spacial score (nSPS) is 22.7. The summed E-state index contributed by atoms with van der Waals surface area (Å²) >= 11 is 3.52. The van der Waals surface area contributed by atoms with Crippen LogP contribution < -0.4 is 0 Å². The van der Waals surface area contributed by atoms with Gasteiger partial charge in [0.15, 0.2) is 0 Å². The van der Waals surface area contributed by atoms with Gasteiger partial charge in [-0.05, 0) is 44.4 Å². The van der Waals surface area contributed by atoms with Crippen LogP contribution in [0.25, 0.3) is 0 Å². The zero-order valence-electron chi connectivity index (χ0n) is 12.5. The van der Waals surface area contributed by atoms with Gasteiger partial charge in [-0.25, -0.2) is 0 Å². The second-order valence-electron chi connectivity index (χ2n) is 5.85. The van der Waals surface area contributed by atoms with Crippen molar-refractivity contribution in [2.24, 2.45) is 5.92 Å². The number of carboxylic acids is 1. The first-order chi connectivity index (χ1) is 9.82. The standard InChI is InChI=1S/C16H20BrNO3/c1-9(2)18-14(19)7-6-12(16(20)21)15(18)11-5-4-10(3)8-13(11)17/h4-5,8-9,12,15H,6-7H2,1-3H3,(H,20,21). The number of carboxylic acid groups (broad SMARTS) is 1. The minimum Gasteiger partial charge on any atom is -0.481 e. The summed E-state index contributed by atoms with van der Waals surface area (Å²) in [7, 11) is 0. The number of carbonyl (C=O) groups excluding carboxylic acids is 1. The number of nitrogens with zero attached hydrogens (tertiary/aromatic N) is 1. The number of hydrogen-bond acceptors (Lipinski definition) is 2. The molecule has 0 saturated carbocycles. The van der Waals surface area contributed by atoms with Gasteiger partial charge in [0.2, 0.25) is 5.91 Å². The van der Waals surface area contributed by atoms with E-state index in [-0.39, 0.29) is 11.9 Å². The number of hydrogen-bond donors (Lipinski definition) is 1. The van der Waals surface area contributed by atoms with Crippen molar-refractivity contribution in [3.63, 3.8) is 0 Å². The van der Waals surface area contributed by atoms with E-state index in [1.54, 1.807) is 4.90 Å². The van der Waals surface area contributed by atoms with Gasteiger partial charge in [-0.15, -0.1) is 0 Å². The third-order valence-corrected chi connectivity index (χ3v) is 4.67.